The Bertz CT molecular complexity index is 1020. The molecule has 12 heteroatoms. The lowest BCUT2D eigenvalue weighted by Gasteiger charge is -2.24. The Hall–Kier alpha value is -2.59. The average Bonchev–Trinajstić information content (AvgIpc) is 2.75. The number of carbonyl (C=O) groups is 1. The molecule has 1 heterocycles. The van der Waals surface area contributed by atoms with E-state index in [-0.39, 0.29) is 27.3 Å². The summed E-state index contributed by atoms with van der Waals surface area (Å²) in [5.74, 6) is -0.951. The first-order valence-electron chi connectivity index (χ1n) is 9.61. The van der Waals surface area contributed by atoms with Crippen molar-refractivity contribution in [3.05, 3.63) is 40.0 Å². The average molecular weight is 491 g/mol. The highest BCUT2D eigenvalue weighted by Crippen LogP contribution is 2.33. The minimum absolute atomic E-state index is 0.104. The van der Waals surface area contributed by atoms with Crippen LogP contribution < -0.4 is 10.1 Å². The molecule has 0 unspecified atom stereocenters. The number of nitrogens with one attached hydrogen (secondary N) is 1. The monoisotopic (exact) mass is 490 g/mol. The number of hydrogen-bond donors (Lipinski definition) is 1. The second kappa shape index (κ2) is 10.4. The summed E-state index contributed by atoms with van der Waals surface area (Å²) in [5, 5.41) is 14.7. The van der Waals surface area contributed by atoms with Crippen molar-refractivity contribution >= 4 is 34.8 Å². The van der Waals surface area contributed by atoms with Gasteiger partial charge in [0.25, 0.3) is 5.91 Å². The van der Waals surface area contributed by atoms with E-state index >= 15 is 0 Å². The van der Waals surface area contributed by atoms with Crippen LogP contribution in [-0.4, -0.2) is 47.8 Å². The molecule has 1 aromatic carbocycles. The summed E-state index contributed by atoms with van der Waals surface area (Å²) >= 11 is 12.0. The predicted molar refractivity (Wildman–Crippen MR) is 113 cm³/mol. The summed E-state index contributed by atoms with van der Waals surface area (Å²) in [5.41, 5.74) is 1.07. The summed E-state index contributed by atoms with van der Waals surface area (Å²) in [6, 6.07) is 5.39. The second-order valence-electron chi connectivity index (χ2n) is 7.02. The highest BCUT2D eigenvalue weighted by atomic mass is 35.5. The molecule has 1 fully saturated rings. The molecule has 172 valence electrons. The van der Waals surface area contributed by atoms with E-state index in [9.17, 15) is 18.0 Å². The van der Waals surface area contributed by atoms with Crippen LogP contribution in [0.1, 0.15) is 36.2 Å². The van der Waals surface area contributed by atoms with Crippen molar-refractivity contribution in [2.75, 3.05) is 13.7 Å². The Balaban J connectivity index is 1.92. The summed E-state index contributed by atoms with van der Waals surface area (Å²) in [6.45, 7) is -1.57. The fourth-order valence-corrected chi connectivity index (χ4v) is 3.53. The van der Waals surface area contributed by atoms with Crippen LogP contribution in [0.4, 0.5) is 13.2 Å². The SMILES string of the molecule is CO/N=C1\CCCC[C@@H]1NC(=O)c1cc(-c2ccc(Cl)c(Cl)c2)c(OCC(F)(F)F)nn1. The minimum Gasteiger partial charge on any atom is -0.467 e. The number of oxime groups is 1. The molecule has 3 rings (SSSR count). The van der Waals surface area contributed by atoms with Crippen molar-refractivity contribution < 1.29 is 27.5 Å². The van der Waals surface area contributed by atoms with Crippen molar-refractivity contribution in [2.45, 2.75) is 37.9 Å². The molecule has 0 saturated heterocycles. The van der Waals surface area contributed by atoms with E-state index in [0.717, 1.165) is 12.8 Å². The van der Waals surface area contributed by atoms with Crippen molar-refractivity contribution in [2.24, 2.45) is 5.16 Å². The Morgan fingerprint density at radius 3 is 2.69 bits per heavy atom. The zero-order valence-corrected chi connectivity index (χ0v) is 18.4. The molecule has 1 amide bonds. The van der Waals surface area contributed by atoms with Crippen LogP contribution >= 0.6 is 23.2 Å². The Morgan fingerprint density at radius 2 is 2.00 bits per heavy atom. The topological polar surface area (TPSA) is 85.7 Å². The van der Waals surface area contributed by atoms with E-state index in [1.54, 1.807) is 0 Å². The quantitative estimate of drug-likeness (QED) is 0.571. The number of hydrogen-bond acceptors (Lipinski definition) is 6. The molecule has 0 aliphatic heterocycles. The van der Waals surface area contributed by atoms with Gasteiger partial charge in [0.2, 0.25) is 5.88 Å². The molecule has 1 atom stereocenters. The van der Waals surface area contributed by atoms with E-state index < -0.39 is 24.6 Å². The van der Waals surface area contributed by atoms with Crippen molar-refractivity contribution in [3.63, 3.8) is 0 Å². The van der Waals surface area contributed by atoms with E-state index in [1.165, 1.54) is 31.4 Å². The summed E-state index contributed by atoms with van der Waals surface area (Å²) in [4.78, 5) is 17.7. The third-order valence-corrected chi connectivity index (χ3v) is 5.43. The number of rotatable bonds is 6. The van der Waals surface area contributed by atoms with Gasteiger partial charge in [0, 0.05) is 5.56 Å². The van der Waals surface area contributed by atoms with Gasteiger partial charge in [-0.15, -0.1) is 10.2 Å². The normalized spacial score (nSPS) is 17.8. The fourth-order valence-electron chi connectivity index (χ4n) is 3.23. The van der Waals surface area contributed by atoms with E-state index in [4.69, 9.17) is 32.8 Å². The number of amides is 1. The van der Waals surface area contributed by atoms with E-state index in [1.807, 2.05) is 0 Å². The van der Waals surface area contributed by atoms with Gasteiger partial charge in [-0.25, -0.2) is 0 Å². The molecule has 0 bridgehead atoms. The molecular formula is C20H19Cl2F3N4O3. The third kappa shape index (κ3) is 6.23. The lowest BCUT2D eigenvalue weighted by atomic mass is 9.93. The first kappa shape index (κ1) is 24.1. The molecule has 1 aliphatic carbocycles. The standard InChI is InChI=1S/C20H19Cl2F3N4O3/c1-31-29-16-5-3-2-4-15(16)26-18(30)17-9-12(11-6-7-13(21)14(22)8-11)19(28-27-17)32-10-20(23,24)25/h6-9,15H,2-5,10H2,1H3,(H,26,30)/b29-16+/t15-/m0/s1. The molecule has 2 aromatic rings. The molecule has 0 spiro atoms. The maximum absolute atomic E-state index is 12.8. The van der Waals surface area contributed by atoms with E-state index in [2.05, 4.69) is 20.7 Å². The number of carbonyl (C=O) groups excluding carboxylic acids is 1. The number of alkyl halides is 3. The molecule has 1 N–H and O–H groups in total. The molecule has 32 heavy (non-hydrogen) atoms. The highest BCUT2D eigenvalue weighted by Gasteiger charge is 2.30. The van der Waals surface area contributed by atoms with Crippen LogP contribution in [0.5, 0.6) is 5.88 Å². The van der Waals surface area contributed by atoms with Gasteiger partial charge >= 0.3 is 6.18 Å². The number of ether oxygens (including phenoxy) is 1. The number of halogens is 5. The fraction of sp³-hybridized carbons (Fsp3) is 0.400. The molecule has 1 aromatic heterocycles. The highest BCUT2D eigenvalue weighted by molar-refractivity contribution is 6.42. The minimum atomic E-state index is -4.58. The van der Waals surface area contributed by atoms with Gasteiger partial charge in [0.05, 0.1) is 21.8 Å². The van der Waals surface area contributed by atoms with Crippen molar-refractivity contribution in [3.8, 4) is 17.0 Å². The predicted octanol–water partition coefficient (Wildman–Crippen LogP) is 5.07. The number of aromatic nitrogens is 2. The van der Waals surface area contributed by atoms with Crippen LogP contribution in [0.25, 0.3) is 11.1 Å². The molecule has 1 saturated carbocycles. The third-order valence-electron chi connectivity index (χ3n) is 4.69. The van der Waals surface area contributed by atoms with E-state index in [0.29, 0.717) is 24.1 Å². The van der Waals surface area contributed by atoms with Crippen LogP contribution in [-0.2, 0) is 4.84 Å². The van der Waals surface area contributed by atoms with Gasteiger partial charge in [-0.3, -0.25) is 4.79 Å². The zero-order valence-electron chi connectivity index (χ0n) is 16.9. The van der Waals surface area contributed by atoms with Gasteiger partial charge in [-0.05, 0) is 43.0 Å². The Kier molecular flexibility index (Phi) is 7.78. The van der Waals surface area contributed by atoms with Gasteiger partial charge in [-0.1, -0.05) is 40.8 Å². The van der Waals surface area contributed by atoms with Gasteiger partial charge in [-0.2, -0.15) is 13.2 Å². The van der Waals surface area contributed by atoms with Crippen LogP contribution in [0.2, 0.25) is 10.0 Å². The van der Waals surface area contributed by atoms with Crippen molar-refractivity contribution in [1.82, 2.24) is 15.5 Å². The zero-order chi connectivity index (χ0) is 23.3. The Morgan fingerprint density at radius 1 is 1.22 bits per heavy atom. The summed E-state index contributed by atoms with van der Waals surface area (Å²) in [6.07, 6.45) is -1.39. The van der Waals surface area contributed by atoms with Crippen LogP contribution in [0.3, 0.4) is 0 Å². The van der Waals surface area contributed by atoms with Gasteiger partial charge < -0.3 is 14.9 Å². The van der Waals surface area contributed by atoms with Crippen LogP contribution in [0.15, 0.2) is 29.4 Å². The summed E-state index contributed by atoms with van der Waals surface area (Å²) < 4.78 is 42.8. The maximum atomic E-state index is 12.8. The summed E-state index contributed by atoms with van der Waals surface area (Å²) in [7, 11) is 1.43. The molecular weight excluding hydrogens is 472 g/mol. The lowest BCUT2D eigenvalue weighted by molar-refractivity contribution is -0.154. The second-order valence-corrected chi connectivity index (χ2v) is 7.83. The molecule has 1 aliphatic rings. The lowest BCUT2D eigenvalue weighted by Crippen LogP contribution is -2.43. The molecule has 0 radical (unpaired) electrons. The van der Waals surface area contributed by atoms with Gasteiger partial charge in [0.15, 0.2) is 12.3 Å². The first-order chi connectivity index (χ1) is 15.2. The van der Waals surface area contributed by atoms with Gasteiger partial charge in [0.1, 0.15) is 7.11 Å². The number of benzene rings is 1. The smallest absolute Gasteiger partial charge is 0.422 e. The Labute approximate surface area is 191 Å². The largest absolute Gasteiger partial charge is 0.467 e. The first-order valence-corrected chi connectivity index (χ1v) is 10.4. The van der Waals surface area contributed by atoms with Crippen LogP contribution in [0, 0.1) is 0 Å². The number of nitrogens with zero attached hydrogens (tertiary/aromatic N) is 3. The van der Waals surface area contributed by atoms with Crippen molar-refractivity contribution in [1.29, 1.82) is 0 Å². The molecule has 7 nitrogen and oxygen atoms in total. The maximum Gasteiger partial charge on any atom is 0.422 e.